The van der Waals surface area contributed by atoms with Gasteiger partial charge in [-0.05, 0) is 31.0 Å². The van der Waals surface area contributed by atoms with E-state index in [1.54, 1.807) is 6.07 Å². The number of amides is 3. The molecule has 2 aromatic heterocycles. The number of halogens is 1. The Morgan fingerprint density at radius 2 is 1.89 bits per heavy atom. The Hall–Kier alpha value is -3.49. The molecule has 0 aliphatic heterocycles. The van der Waals surface area contributed by atoms with Crippen molar-refractivity contribution in [1.82, 2.24) is 15.3 Å². The third-order valence-electron chi connectivity index (χ3n) is 4.30. The lowest BCUT2D eigenvalue weighted by atomic mass is 9.98. The zero-order valence-electron chi connectivity index (χ0n) is 15.6. The fraction of sp³-hybridized carbons (Fsp3) is 0.263. The number of carbonyl (C=O) groups excluding carboxylic acids is 2. The van der Waals surface area contributed by atoms with Crippen molar-refractivity contribution in [2.45, 2.75) is 26.8 Å². The van der Waals surface area contributed by atoms with Gasteiger partial charge in [-0.15, -0.1) is 0 Å². The number of furan rings is 1. The van der Waals surface area contributed by atoms with Gasteiger partial charge in [-0.2, -0.15) is 0 Å². The number of aromatic nitrogens is 2. The summed E-state index contributed by atoms with van der Waals surface area (Å²) in [6.45, 7) is 5.69. The van der Waals surface area contributed by atoms with Gasteiger partial charge in [-0.3, -0.25) is 4.79 Å². The number of carbonyl (C=O) groups is 2. The highest BCUT2D eigenvalue weighted by Gasteiger charge is 2.25. The molecule has 2 heterocycles. The van der Waals surface area contributed by atoms with Crippen LogP contribution in [0, 0.1) is 18.7 Å². The number of anilines is 1. The smallest absolute Gasteiger partial charge is 0.319 e. The molecule has 4 N–H and O–H groups in total. The number of rotatable bonds is 5. The first kappa shape index (κ1) is 19.3. The molecule has 0 saturated heterocycles. The molecule has 0 unspecified atom stereocenters. The number of nitrogens with two attached hydrogens (primary N) is 1. The van der Waals surface area contributed by atoms with Gasteiger partial charge < -0.3 is 20.8 Å². The summed E-state index contributed by atoms with van der Waals surface area (Å²) in [5, 5.41) is 6.11. The molecular formula is C19H20FN5O3. The number of fused-ring (bicyclic) bond motifs is 1. The van der Waals surface area contributed by atoms with Crippen LogP contribution in [-0.2, 0) is 0 Å². The van der Waals surface area contributed by atoms with Crippen molar-refractivity contribution >= 4 is 28.6 Å². The van der Waals surface area contributed by atoms with E-state index in [0.29, 0.717) is 22.4 Å². The minimum Gasteiger partial charge on any atom is -0.459 e. The number of nitrogens with one attached hydrogen (secondary N) is 2. The van der Waals surface area contributed by atoms with E-state index < -0.39 is 18.0 Å². The van der Waals surface area contributed by atoms with Crippen molar-refractivity contribution in [1.29, 1.82) is 0 Å². The van der Waals surface area contributed by atoms with E-state index in [2.05, 4.69) is 20.6 Å². The van der Waals surface area contributed by atoms with E-state index in [9.17, 15) is 14.0 Å². The van der Waals surface area contributed by atoms with Gasteiger partial charge in [0, 0.05) is 10.9 Å². The van der Waals surface area contributed by atoms with E-state index in [1.165, 1.54) is 24.5 Å². The number of nitrogens with zero attached hydrogens (tertiary/aromatic N) is 2. The van der Waals surface area contributed by atoms with E-state index in [1.807, 2.05) is 20.8 Å². The Kier molecular flexibility index (Phi) is 5.25. The molecule has 28 heavy (non-hydrogen) atoms. The maximum absolute atomic E-state index is 13.6. The predicted molar refractivity (Wildman–Crippen MR) is 101 cm³/mol. The van der Waals surface area contributed by atoms with Crippen LogP contribution in [-0.4, -0.2) is 21.9 Å². The average molecular weight is 385 g/mol. The van der Waals surface area contributed by atoms with Crippen molar-refractivity contribution in [2.24, 2.45) is 11.7 Å². The molecule has 3 rings (SSSR count). The highest BCUT2D eigenvalue weighted by atomic mass is 19.1. The summed E-state index contributed by atoms with van der Waals surface area (Å²) in [7, 11) is 0. The van der Waals surface area contributed by atoms with Crippen LogP contribution < -0.4 is 16.4 Å². The Bertz CT molecular complexity index is 1030. The Morgan fingerprint density at radius 3 is 2.50 bits per heavy atom. The molecule has 0 spiro atoms. The number of aryl methyl sites for hydroxylation is 1. The summed E-state index contributed by atoms with van der Waals surface area (Å²) >= 11 is 0. The summed E-state index contributed by atoms with van der Waals surface area (Å²) in [4.78, 5) is 31.0. The van der Waals surface area contributed by atoms with Gasteiger partial charge in [-0.25, -0.2) is 19.2 Å². The highest BCUT2D eigenvalue weighted by molar-refractivity contribution is 5.91. The molecule has 0 radical (unpaired) electrons. The van der Waals surface area contributed by atoms with E-state index >= 15 is 0 Å². The topological polar surface area (TPSA) is 123 Å². The van der Waals surface area contributed by atoms with Crippen molar-refractivity contribution < 1.29 is 18.4 Å². The highest BCUT2D eigenvalue weighted by Crippen LogP contribution is 2.33. The van der Waals surface area contributed by atoms with Crippen molar-refractivity contribution in [3.63, 3.8) is 0 Å². The van der Waals surface area contributed by atoms with Gasteiger partial charge in [0.1, 0.15) is 17.2 Å². The van der Waals surface area contributed by atoms with Gasteiger partial charge in [0.15, 0.2) is 0 Å². The minimum absolute atomic E-state index is 0.00310. The molecule has 1 atom stereocenters. The zero-order chi connectivity index (χ0) is 20.4. The van der Waals surface area contributed by atoms with Crippen LogP contribution in [0.15, 0.2) is 35.0 Å². The second kappa shape index (κ2) is 7.63. The third-order valence-corrected chi connectivity index (χ3v) is 4.30. The van der Waals surface area contributed by atoms with Crippen LogP contribution in [0.4, 0.5) is 14.9 Å². The fourth-order valence-electron chi connectivity index (χ4n) is 2.87. The molecule has 0 aliphatic carbocycles. The maximum Gasteiger partial charge on any atom is 0.319 e. The van der Waals surface area contributed by atoms with Crippen LogP contribution in [0.1, 0.15) is 41.8 Å². The van der Waals surface area contributed by atoms with Crippen LogP contribution in [0.25, 0.3) is 11.0 Å². The van der Waals surface area contributed by atoms with Crippen LogP contribution >= 0.6 is 0 Å². The van der Waals surface area contributed by atoms with Gasteiger partial charge in [0.2, 0.25) is 5.82 Å². The summed E-state index contributed by atoms with van der Waals surface area (Å²) < 4.78 is 19.4. The predicted octanol–water partition coefficient (Wildman–Crippen LogP) is 3.29. The molecule has 8 nitrogen and oxygen atoms in total. The Balaban J connectivity index is 1.80. The second-order valence-corrected chi connectivity index (χ2v) is 6.71. The first-order valence-corrected chi connectivity index (χ1v) is 8.64. The summed E-state index contributed by atoms with van der Waals surface area (Å²) in [6, 6.07) is 3.36. The lowest BCUT2D eigenvalue weighted by Gasteiger charge is -2.21. The number of urea groups is 1. The Labute approximate surface area is 160 Å². The number of hydrogen-bond donors (Lipinski definition) is 3. The molecule has 0 fully saturated rings. The van der Waals surface area contributed by atoms with Gasteiger partial charge >= 0.3 is 6.03 Å². The maximum atomic E-state index is 13.6. The zero-order valence-corrected chi connectivity index (χ0v) is 15.6. The van der Waals surface area contributed by atoms with Crippen LogP contribution in [0.3, 0.4) is 0 Å². The molecule has 0 bridgehead atoms. The quantitative estimate of drug-likeness (QED) is 0.622. The van der Waals surface area contributed by atoms with E-state index in [0.717, 1.165) is 5.56 Å². The molecule has 9 heteroatoms. The third kappa shape index (κ3) is 3.93. The normalized spacial score (nSPS) is 12.2. The fourth-order valence-corrected chi connectivity index (χ4v) is 2.87. The molecule has 3 amide bonds. The monoisotopic (exact) mass is 385 g/mol. The van der Waals surface area contributed by atoms with E-state index in [-0.39, 0.29) is 17.6 Å². The van der Waals surface area contributed by atoms with Gasteiger partial charge in [0.05, 0.1) is 24.1 Å². The molecule has 1 aromatic carbocycles. The SMILES string of the molecule is Cc1c([C@@H](NC(=O)Nc2cnc(C(N)=O)nc2)C(C)C)oc2ccc(F)cc12. The van der Waals surface area contributed by atoms with Gasteiger partial charge in [0.25, 0.3) is 5.91 Å². The Morgan fingerprint density at radius 1 is 1.21 bits per heavy atom. The minimum atomic E-state index is -0.757. The lowest BCUT2D eigenvalue weighted by molar-refractivity contribution is 0.0990. The molecule has 3 aromatic rings. The van der Waals surface area contributed by atoms with E-state index in [4.69, 9.17) is 10.2 Å². The van der Waals surface area contributed by atoms with Crippen LogP contribution in [0.5, 0.6) is 0 Å². The standard InChI is InChI=1S/C19H20FN5O3/c1-9(2)15(16-10(3)13-6-11(20)4-5-14(13)28-16)25-19(27)24-12-7-22-18(17(21)26)23-8-12/h4-9,15H,1-3H3,(H2,21,26)(H2,24,25,27)/t15-/m0/s1. The van der Waals surface area contributed by atoms with Gasteiger partial charge in [-0.1, -0.05) is 13.8 Å². The molecule has 146 valence electrons. The number of hydrogen-bond acceptors (Lipinski definition) is 5. The summed E-state index contributed by atoms with van der Waals surface area (Å²) in [6.07, 6.45) is 2.57. The average Bonchev–Trinajstić information content (AvgIpc) is 2.96. The molecule has 0 saturated carbocycles. The second-order valence-electron chi connectivity index (χ2n) is 6.71. The molecular weight excluding hydrogens is 365 g/mol. The van der Waals surface area contributed by atoms with Crippen molar-refractivity contribution in [3.05, 3.63) is 53.6 Å². The van der Waals surface area contributed by atoms with Crippen LogP contribution in [0.2, 0.25) is 0 Å². The number of benzene rings is 1. The summed E-state index contributed by atoms with van der Waals surface area (Å²) in [5.74, 6) is -0.688. The number of primary amides is 1. The summed E-state index contributed by atoms with van der Waals surface area (Å²) in [5.41, 5.74) is 6.71. The van der Waals surface area contributed by atoms with Crippen molar-refractivity contribution in [2.75, 3.05) is 5.32 Å². The first-order chi connectivity index (χ1) is 13.3. The van der Waals surface area contributed by atoms with Crippen molar-refractivity contribution in [3.8, 4) is 0 Å². The lowest BCUT2D eigenvalue weighted by Crippen LogP contribution is -2.35. The first-order valence-electron chi connectivity index (χ1n) is 8.64. The molecule has 0 aliphatic rings. The largest absolute Gasteiger partial charge is 0.459 e.